The van der Waals surface area contributed by atoms with Gasteiger partial charge < -0.3 is 5.32 Å². The van der Waals surface area contributed by atoms with Crippen LogP contribution in [0, 0.1) is 6.92 Å². The molecule has 0 aliphatic rings. The molecule has 0 saturated heterocycles. The maximum absolute atomic E-state index is 6.25. The molecule has 0 bridgehead atoms. The van der Waals surface area contributed by atoms with Crippen molar-refractivity contribution in [3.63, 3.8) is 0 Å². The standard InChI is InChI=1S/C17H21ClN2/c1-3-9-20-17(12-15-6-4-5-10-19-15)14-8-7-13(2)16(18)11-14/h4-8,10-11,17,20H,3,9,12H2,1-2H3. The van der Waals surface area contributed by atoms with E-state index in [1.54, 1.807) is 0 Å². The fourth-order valence-corrected chi connectivity index (χ4v) is 2.37. The smallest absolute Gasteiger partial charge is 0.0438 e. The maximum Gasteiger partial charge on any atom is 0.0438 e. The first-order valence-corrected chi connectivity index (χ1v) is 7.48. The number of aryl methyl sites for hydroxylation is 1. The van der Waals surface area contributed by atoms with E-state index in [1.165, 1.54) is 5.56 Å². The Bertz CT molecular complexity index is 540. The van der Waals surface area contributed by atoms with E-state index in [2.05, 4.69) is 41.5 Å². The van der Waals surface area contributed by atoms with Gasteiger partial charge >= 0.3 is 0 Å². The van der Waals surface area contributed by atoms with Crippen LogP contribution >= 0.6 is 11.6 Å². The molecular formula is C17H21ClN2. The number of aromatic nitrogens is 1. The molecule has 0 radical (unpaired) electrons. The number of hydrogen-bond donors (Lipinski definition) is 1. The van der Waals surface area contributed by atoms with Gasteiger partial charge in [-0.1, -0.05) is 36.7 Å². The normalized spacial score (nSPS) is 12.3. The molecule has 2 rings (SSSR count). The van der Waals surface area contributed by atoms with Crippen molar-refractivity contribution in [2.24, 2.45) is 0 Å². The Kier molecular flexibility index (Phi) is 5.57. The summed E-state index contributed by atoms with van der Waals surface area (Å²) in [4.78, 5) is 4.42. The molecule has 20 heavy (non-hydrogen) atoms. The third kappa shape index (κ3) is 4.06. The highest BCUT2D eigenvalue weighted by Gasteiger charge is 2.13. The summed E-state index contributed by atoms with van der Waals surface area (Å²) < 4.78 is 0. The van der Waals surface area contributed by atoms with Crippen LogP contribution in [0.4, 0.5) is 0 Å². The Morgan fingerprint density at radius 3 is 2.75 bits per heavy atom. The monoisotopic (exact) mass is 288 g/mol. The van der Waals surface area contributed by atoms with E-state index in [-0.39, 0.29) is 6.04 Å². The molecule has 1 N–H and O–H groups in total. The lowest BCUT2D eigenvalue weighted by Gasteiger charge is -2.19. The maximum atomic E-state index is 6.25. The van der Waals surface area contributed by atoms with Crippen molar-refractivity contribution in [2.45, 2.75) is 32.7 Å². The van der Waals surface area contributed by atoms with E-state index >= 15 is 0 Å². The SMILES string of the molecule is CCCNC(Cc1ccccn1)c1ccc(C)c(Cl)c1. The van der Waals surface area contributed by atoms with Gasteiger partial charge in [0.15, 0.2) is 0 Å². The molecule has 0 saturated carbocycles. The largest absolute Gasteiger partial charge is 0.310 e. The summed E-state index contributed by atoms with van der Waals surface area (Å²) in [5.74, 6) is 0. The molecule has 0 amide bonds. The lowest BCUT2D eigenvalue weighted by molar-refractivity contribution is 0.524. The Hall–Kier alpha value is -1.38. The predicted molar refractivity (Wildman–Crippen MR) is 85.2 cm³/mol. The van der Waals surface area contributed by atoms with E-state index in [1.807, 2.05) is 25.3 Å². The van der Waals surface area contributed by atoms with Crippen LogP contribution in [0.25, 0.3) is 0 Å². The molecule has 0 spiro atoms. The van der Waals surface area contributed by atoms with Gasteiger partial charge in [0.1, 0.15) is 0 Å². The molecule has 1 aromatic carbocycles. The molecule has 2 aromatic rings. The predicted octanol–water partition coefficient (Wildman–Crippen LogP) is 4.33. The van der Waals surface area contributed by atoms with Crippen LogP contribution in [-0.4, -0.2) is 11.5 Å². The summed E-state index contributed by atoms with van der Waals surface area (Å²) in [7, 11) is 0. The van der Waals surface area contributed by atoms with Crippen LogP contribution in [0.15, 0.2) is 42.6 Å². The van der Waals surface area contributed by atoms with E-state index < -0.39 is 0 Å². The van der Waals surface area contributed by atoms with E-state index in [9.17, 15) is 0 Å². The molecule has 0 aliphatic heterocycles. The number of hydrogen-bond acceptors (Lipinski definition) is 2. The second kappa shape index (κ2) is 7.41. The first kappa shape index (κ1) is 15.0. The first-order chi connectivity index (χ1) is 9.70. The quantitative estimate of drug-likeness (QED) is 0.856. The average Bonchev–Trinajstić information content (AvgIpc) is 2.47. The molecule has 1 aromatic heterocycles. The Morgan fingerprint density at radius 2 is 2.10 bits per heavy atom. The molecule has 0 fully saturated rings. The Labute approximate surface area is 126 Å². The summed E-state index contributed by atoms with van der Waals surface area (Å²) >= 11 is 6.25. The lowest BCUT2D eigenvalue weighted by Crippen LogP contribution is -2.24. The van der Waals surface area contributed by atoms with Crippen molar-refractivity contribution in [3.8, 4) is 0 Å². The fourth-order valence-electron chi connectivity index (χ4n) is 2.18. The van der Waals surface area contributed by atoms with Gasteiger partial charge in [-0.3, -0.25) is 4.98 Å². The number of rotatable bonds is 6. The van der Waals surface area contributed by atoms with Crippen LogP contribution in [0.2, 0.25) is 5.02 Å². The van der Waals surface area contributed by atoms with Crippen molar-refractivity contribution in [1.82, 2.24) is 10.3 Å². The summed E-state index contributed by atoms with van der Waals surface area (Å²) in [5, 5.41) is 4.41. The topological polar surface area (TPSA) is 24.9 Å². The van der Waals surface area contributed by atoms with Crippen LogP contribution < -0.4 is 5.32 Å². The van der Waals surface area contributed by atoms with Crippen LogP contribution in [0.5, 0.6) is 0 Å². The molecular weight excluding hydrogens is 268 g/mol. The molecule has 1 atom stereocenters. The van der Waals surface area contributed by atoms with E-state index in [4.69, 9.17) is 11.6 Å². The van der Waals surface area contributed by atoms with Crippen molar-refractivity contribution in [3.05, 3.63) is 64.4 Å². The number of benzene rings is 1. The minimum Gasteiger partial charge on any atom is -0.310 e. The van der Waals surface area contributed by atoms with Crippen LogP contribution in [-0.2, 0) is 6.42 Å². The highest BCUT2D eigenvalue weighted by molar-refractivity contribution is 6.31. The third-order valence-corrected chi connectivity index (χ3v) is 3.79. The van der Waals surface area contributed by atoms with Gasteiger partial charge in [-0.05, 0) is 49.2 Å². The average molecular weight is 289 g/mol. The number of pyridine rings is 1. The first-order valence-electron chi connectivity index (χ1n) is 7.10. The van der Waals surface area contributed by atoms with Gasteiger partial charge in [0.2, 0.25) is 0 Å². The third-order valence-electron chi connectivity index (χ3n) is 3.38. The number of halogens is 1. The van der Waals surface area contributed by atoms with Gasteiger partial charge in [0.05, 0.1) is 0 Å². The van der Waals surface area contributed by atoms with Gasteiger partial charge in [-0.25, -0.2) is 0 Å². The summed E-state index contributed by atoms with van der Waals surface area (Å²) in [6, 6.07) is 12.6. The summed E-state index contributed by atoms with van der Waals surface area (Å²) in [5.41, 5.74) is 3.43. The zero-order valence-corrected chi connectivity index (χ0v) is 12.8. The lowest BCUT2D eigenvalue weighted by atomic mass is 10.00. The summed E-state index contributed by atoms with van der Waals surface area (Å²) in [6.07, 6.45) is 3.83. The van der Waals surface area contributed by atoms with Gasteiger partial charge in [0, 0.05) is 29.4 Å². The highest BCUT2D eigenvalue weighted by atomic mass is 35.5. The van der Waals surface area contributed by atoms with Gasteiger partial charge in [-0.2, -0.15) is 0 Å². The van der Waals surface area contributed by atoms with Crippen molar-refractivity contribution < 1.29 is 0 Å². The molecule has 106 valence electrons. The van der Waals surface area contributed by atoms with Crippen LogP contribution in [0.3, 0.4) is 0 Å². The van der Waals surface area contributed by atoms with Gasteiger partial charge in [-0.15, -0.1) is 0 Å². The van der Waals surface area contributed by atoms with Gasteiger partial charge in [0.25, 0.3) is 0 Å². The molecule has 1 unspecified atom stereocenters. The van der Waals surface area contributed by atoms with Crippen molar-refractivity contribution in [2.75, 3.05) is 6.54 Å². The molecule has 3 heteroatoms. The second-order valence-electron chi connectivity index (χ2n) is 5.04. The van der Waals surface area contributed by atoms with Crippen molar-refractivity contribution >= 4 is 11.6 Å². The molecule has 2 nitrogen and oxygen atoms in total. The zero-order chi connectivity index (χ0) is 14.4. The fraction of sp³-hybridized carbons (Fsp3) is 0.353. The minimum absolute atomic E-state index is 0.253. The number of nitrogens with one attached hydrogen (secondary N) is 1. The molecule has 0 aliphatic carbocycles. The second-order valence-corrected chi connectivity index (χ2v) is 5.45. The minimum atomic E-state index is 0.253. The van der Waals surface area contributed by atoms with E-state index in [0.717, 1.165) is 35.7 Å². The summed E-state index contributed by atoms with van der Waals surface area (Å²) in [6.45, 7) is 5.19. The van der Waals surface area contributed by atoms with E-state index in [0.29, 0.717) is 0 Å². The number of nitrogens with zero attached hydrogens (tertiary/aromatic N) is 1. The highest BCUT2D eigenvalue weighted by Crippen LogP contribution is 2.23. The molecule has 1 heterocycles. The zero-order valence-electron chi connectivity index (χ0n) is 12.1. The van der Waals surface area contributed by atoms with Crippen LogP contribution in [0.1, 0.15) is 36.2 Å². The van der Waals surface area contributed by atoms with Crippen molar-refractivity contribution in [1.29, 1.82) is 0 Å². The Morgan fingerprint density at radius 1 is 1.25 bits per heavy atom. The Balaban J connectivity index is 2.20.